The molecule has 4 heteroatoms. The van der Waals surface area contributed by atoms with Crippen LogP contribution < -0.4 is 4.74 Å². The van der Waals surface area contributed by atoms with Gasteiger partial charge in [0.25, 0.3) is 0 Å². The van der Waals surface area contributed by atoms with Crippen LogP contribution in [0.1, 0.15) is 19.3 Å². The highest BCUT2D eigenvalue weighted by Gasteiger charge is 2.00. The smallest absolute Gasteiger partial charge is 0.137 e. The molecule has 0 unspecified atom stereocenters. The van der Waals surface area contributed by atoms with Crippen LogP contribution in [-0.2, 0) is 0 Å². The number of hydrogen-bond acceptors (Lipinski definition) is 2. The van der Waals surface area contributed by atoms with E-state index in [1.54, 1.807) is 12.1 Å². The van der Waals surface area contributed by atoms with Crippen molar-refractivity contribution in [3.8, 4) is 5.75 Å². The first kappa shape index (κ1) is 12.8. The number of ether oxygens (including phenoxy) is 1. The average Bonchev–Trinajstić information content (AvgIpc) is 2.23. The SMILES string of the molecule is Fc1ccc(OCCCCCS)cc1Br. The molecule has 0 aliphatic carbocycles. The monoisotopic (exact) mass is 292 g/mol. The standard InChI is InChI=1S/C11H14BrFOS/c12-10-8-9(4-5-11(10)13)14-6-2-1-3-7-15/h4-5,8,15H,1-3,6-7H2. The molecule has 84 valence electrons. The summed E-state index contributed by atoms with van der Waals surface area (Å²) in [5.74, 6) is 1.36. The summed E-state index contributed by atoms with van der Waals surface area (Å²) in [6, 6.07) is 4.68. The molecule has 0 aromatic heterocycles. The Hall–Kier alpha value is -0.220. The normalized spacial score (nSPS) is 10.3. The van der Waals surface area contributed by atoms with Crippen molar-refractivity contribution < 1.29 is 9.13 Å². The minimum Gasteiger partial charge on any atom is -0.494 e. The maximum absolute atomic E-state index is 12.9. The van der Waals surface area contributed by atoms with Crippen LogP contribution in [0.3, 0.4) is 0 Å². The van der Waals surface area contributed by atoms with Gasteiger partial charge in [-0.3, -0.25) is 0 Å². The van der Waals surface area contributed by atoms with E-state index in [1.165, 1.54) is 6.07 Å². The Morgan fingerprint density at radius 3 is 2.73 bits per heavy atom. The van der Waals surface area contributed by atoms with Crippen molar-refractivity contribution >= 4 is 28.6 Å². The molecule has 15 heavy (non-hydrogen) atoms. The molecule has 0 heterocycles. The molecule has 0 saturated carbocycles. The highest BCUT2D eigenvalue weighted by molar-refractivity contribution is 9.10. The molecule has 0 fully saturated rings. The summed E-state index contributed by atoms with van der Waals surface area (Å²) < 4.78 is 18.8. The molecular weight excluding hydrogens is 279 g/mol. The van der Waals surface area contributed by atoms with Crippen molar-refractivity contribution in [3.05, 3.63) is 28.5 Å². The van der Waals surface area contributed by atoms with E-state index in [2.05, 4.69) is 28.6 Å². The highest BCUT2D eigenvalue weighted by atomic mass is 79.9. The Balaban J connectivity index is 2.28. The fraction of sp³-hybridized carbons (Fsp3) is 0.455. The Bertz CT molecular complexity index is 307. The third-order valence-corrected chi connectivity index (χ3v) is 2.89. The summed E-state index contributed by atoms with van der Waals surface area (Å²) in [7, 11) is 0. The van der Waals surface area contributed by atoms with E-state index in [9.17, 15) is 4.39 Å². The molecule has 0 N–H and O–H groups in total. The van der Waals surface area contributed by atoms with Gasteiger partial charge in [0.1, 0.15) is 11.6 Å². The van der Waals surface area contributed by atoms with Crippen molar-refractivity contribution in [2.24, 2.45) is 0 Å². The van der Waals surface area contributed by atoms with E-state index in [1.807, 2.05) is 0 Å². The van der Waals surface area contributed by atoms with Gasteiger partial charge in [0.15, 0.2) is 0 Å². The van der Waals surface area contributed by atoms with Crippen molar-refractivity contribution in [3.63, 3.8) is 0 Å². The lowest BCUT2D eigenvalue weighted by Crippen LogP contribution is -1.97. The zero-order valence-electron chi connectivity index (χ0n) is 8.38. The van der Waals surface area contributed by atoms with Crippen LogP contribution >= 0.6 is 28.6 Å². The van der Waals surface area contributed by atoms with Crippen molar-refractivity contribution in [1.29, 1.82) is 0 Å². The van der Waals surface area contributed by atoms with Gasteiger partial charge in [-0.25, -0.2) is 4.39 Å². The molecule has 0 bridgehead atoms. The fourth-order valence-electron chi connectivity index (χ4n) is 1.15. The van der Waals surface area contributed by atoms with E-state index >= 15 is 0 Å². The number of halogens is 2. The van der Waals surface area contributed by atoms with E-state index < -0.39 is 0 Å². The molecule has 0 amide bonds. The number of thiol groups is 1. The number of benzene rings is 1. The van der Waals surface area contributed by atoms with Gasteiger partial charge in [0.05, 0.1) is 11.1 Å². The van der Waals surface area contributed by atoms with Gasteiger partial charge in [-0.2, -0.15) is 12.6 Å². The Labute approximate surface area is 104 Å². The van der Waals surface area contributed by atoms with Gasteiger partial charge in [-0.15, -0.1) is 0 Å². The second-order valence-electron chi connectivity index (χ2n) is 3.21. The van der Waals surface area contributed by atoms with Crippen molar-refractivity contribution in [1.82, 2.24) is 0 Å². The summed E-state index contributed by atoms with van der Waals surface area (Å²) in [6.45, 7) is 0.672. The largest absolute Gasteiger partial charge is 0.494 e. The van der Waals surface area contributed by atoms with Gasteiger partial charge >= 0.3 is 0 Å². The number of unbranched alkanes of at least 4 members (excludes halogenated alkanes) is 2. The second kappa shape index (κ2) is 7.12. The predicted octanol–water partition coefficient (Wildman–Crippen LogP) is 4.07. The molecule has 0 atom stereocenters. The average molecular weight is 293 g/mol. The van der Waals surface area contributed by atoms with E-state index in [4.69, 9.17) is 4.74 Å². The molecule has 0 aliphatic heterocycles. The lowest BCUT2D eigenvalue weighted by Gasteiger charge is -2.06. The third-order valence-electron chi connectivity index (χ3n) is 1.96. The summed E-state index contributed by atoms with van der Waals surface area (Å²) >= 11 is 7.24. The summed E-state index contributed by atoms with van der Waals surface area (Å²) in [4.78, 5) is 0. The summed E-state index contributed by atoms with van der Waals surface area (Å²) in [5, 5.41) is 0. The zero-order valence-corrected chi connectivity index (χ0v) is 10.9. The summed E-state index contributed by atoms with van der Waals surface area (Å²) in [6.07, 6.45) is 3.24. The van der Waals surface area contributed by atoms with Gasteiger partial charge < -0.3 is 4.74 Å². The maximum atomic E-state index is 12.9. The van der Waals surface area contributed by atoms with Crippen molar-refractivity contribution in [2.45, 2.75) is 19.3 Å². The molecular formula is C11H14BrFOS. The quantitative estimate of drug-likeness (QED) is 0.614. The molecule has 0 spiro atoms. The van der Waals surface area contributed by atoms with Gasteiger partial charge in [0.2, 0.25) is 0 Å². The number of rotatable bonds is 6. The van der Waals surface area contributed by atoms with Crippen LogP contribution in [-0.4, -0.2) is 12.4 Å². The summed E-state index contributed by atoms with van der Waals surface area (Å²) in [5.41, 5.74) is 0. The first-order valence-corrected chi connectivity index (χ1v) is 6.35. The second-order valence-corrected chi connectivity index (χ2v) is 4.51. The molecule has 0 saturated heterocycles. The zero-order chi connectivity index (χ0) is 11.1. The Kier molecular flexibility index (Phi) is 6.10. The Morgan fingerprint density at radius 1 is 1.27 bits per heavy atom. The van der Waals surface area contributed by atoms with Crippen LogP contribution in [0, 0.1) is 5.82 Å². The maximum Gasteiger partial charge on any atom is 0.137 e. The molecule has 1 aromatic rings. The van der Waals surface area contributed by atoms with E-state index in [0.717, 1.165) is 25.0 Å². The lowest BCUT2D eigenvalue weighted by atomic mass is 10.2. The molecule has 1 aromatic carbocycles. The topological polar surface area (TPSA) is 9.23 Å². The van der Waals surface area contributed by atoms with Gasteiger partial charge in [0, 0.05) is 0 Å². The minimum absolute atomic E-state index is 0.266. The lowest BCUT2D eigenvalue weighted by molar-refractivity contribution is 0.306. The molecule has 1 rings (SSSR count). The van der Waals surface area contributed by atoms with Crippen molar-refractivity contribution in [2.75, 3.05) is 12.4 Å². The Morgan fingerprint density at radius 2 is 2.07 bits per heavy atom. The van der Waals surface area contributed by atoms with Crippen LogP contribution in [0.25, 0.3) is 0 Å². The van der Waals surface area contributed by atoms with Crippen LogP contribution in [0.4, 0.5) is 4.39 Å². The van der Waals surface area contributed by atoms with Gasteiger partial charge in [-0.1, -0.05) is 0 Å². The van der Waals surface area contributed by atoms with Gasteiger partial charge in [-0.05, 0) is 59.1 Å². The first-order valence-electron chi connectivity index (χ1n) is 4.93. The first-order chi connectivity index (χ1) is 7.24. The van der Waals surface area contributed by atoms with E-state index in [0.29, 0.717) is 16.8 Å². The number of hydrogen-bond donors (Lipinski definition) is 1. The fourth-order valence-corrected chi connectivity index (χ4v) is 1.73. The minimum atomic E-state index is -0.266. The van der Waals surface area contributed by atoms with Crippen LogP contribution in [0.5, 0.6) is 5.75 Å². The highest BCUT2D eigenvalue weighted by Crippen LogP contribution is 2.21. The molecule has 0 radical (unpaired) electrons. The van der Waals surface area contributed by atoms with E-state index in [-0.39, 0.29) is 5.82 Å². The van der Waals surface area contributed by atoms with Crippen LogP contribution in [0.15, 0.2) is 22.7 Å². The third kappa shape index (κ3) is 4.89. The molecule has 1 nitrogen and oxygen atoms in total. The predicted molar refractivity (Wildman–Crippen MR) is 67.3 cm³/mol. The van der Waals surface area contributed by atoms with Crippen LogP contribution in [0.2, 0.25) is 0 Å². The molecule has 0 aliphatic rings.